The van der Waals surface area contributed by atoms with Crippen molar-refractivity contribution >= 4 is 11.3 Å². The van der Waals surface area contributed by atoms with Crippen molar-refractivity contribution in [1.29, 1.82) is 0 Å². The number of imidazole rings is 1. The number of benzene rings is 2. The minimum atomic E-state index is -0.556. The van der Waals surface area contributed by atoms with E-state index in [-0.39, 0.29) is 17.2 Å². The van der Waals surface area contributed by atoms with Crippen LogP contribution in [0.5, 0.6) is 17.2 Å². The molecule has 6 nitrogen and oxygen atoms in total. The molecule has 0 spiro atoms. The summed E-state index contributed by atoms with van der Waals surface area (Å²) in [6.45, 7) is 0. The van der Waals surface area contributed by atoms with Gasteiger partial charge in [0.05, 0.1) is 0 Å². The number of hydrogen-bond acceptors (Lipinski definition) is 5. The minimum Gasteiger partial charge on any atom is -0.504 e. The van der Waals surface area contributed by atoms with E-state index in [0.717, 1.165) is 18.7 Å². The number of aromatic nitrogens is 3. The molecule has 0 bridgehead atoms. The smallest absolute Gasteiger partial charge is 0.169 e. The van der Waals surface area contributed by atoms with Crippen molar-refractivity contribution in [2.75, 3.05) is 5.73 Å². The Morgan fingerprint density at radius 2 is 1.97 bits per heavy atom. The number of anilines is 1. The summed E-state index contributed by atoms with van der Waals surface area (Å²) in [5, 5.41) is 9.85. The van der Waals surface area contributed by atoms with E-state index in [1.807, 2.05) is 10.6 Å². The number of ether oxygens (including phenoxy) is 1. The largest absolute Gasteiger partial charge is 0.504 e. The molecule has 4 aromatic rings. The summed E-state index contributed by atoms with van der Waals surface area (Å²) in [5.74, 6) is 1.27. The van der Waals surface area contributed by atoms with Crippen LogP contribution in [0.25, 0.3) is 16.8 Å². The first-order valence-corrected chi connectivity index (χ1v) is 9.50. The molecule has 29 heavy (non-hydrogen) atoms. The van der Waals surface area contributed by atoms with Crippen LogP contribution in [0, 0.1) is 5.82 Å². The molecule has 2 aromatic carbocycles. The SMILES string of the molecule is Nc1nccn2c(C3CCC3)nc(-c3ccc(Oc4ccccc4O)c(F)c3)c12. The van der Waals surface area contributed by atoms with Crippen LogP contribution < -0.4 is 10.5 Å². The molecule has 3 N–H and O–H groups in total. The van der Waals surface area contributed by atoms with Crippen molar-refractivity contribution in [2.24, 2.45) is 0 Å². The summed E-state index contributed by atoms with van der Waals surface area (Å²) in [4.78, 5) is 8.99. The van der Waals surface area contributed by atoms with Crippen LogP contribution >= 0.6 is 0 Å². The number of halogens is 1. The topological polar surface area (TPSA) is 85.7 Å². The van der Waals surface area contributed by atoms with Gasteiger partial charge in [0, 0.05) is 23.9 Å². The van der Waals surface area contributed by atoms with Gasteiger partial charge in [0.25, 0.3) is 0 Å². The quantitative estimate of drug-likeness (QED) is 0.519. The monoisotopic (exact) mass is 390 g/mol. The third-order valence-electron chi connectivity index (χ3n) is 5.37. The fraction of sp³-hybridized carbons (Fsp3) is 0.182. The zero-order valence-corrected chi connectivity index (χ0v) is 15.5. The molecule has 2 heterocycles. The molecule has 0 unspecified atom stereocenters. The van der Waals surface area contributed by atoms with Gasteiger partial charge in [0.1, 0.15) is 22.9 Å². The maximum atomic E-state index is 14.8. The molecule has 1 aliphatic carbocycles. The number of hydrogen-bond donors (Lipinski definition) is 2. The van der Waals surface area contributed by atoms with Gasteiger partial charge in [0.15, 0.2) is 23.1 Å². The molecule has 1 aliphatic rings. The van der Waals surface area contributed by atoms with Crippen LogP contribution in [0.1, 0.15) is 31.0 Å². The molecule has 0 saturated heterocycles. The number of fused-ring (bicyclic) bond motifs is 1. The van der Waals surface area contributed by atoms with E-state index < -0.39 is 5.82 Å². The Bertz CT molecular complexity index is 1220. The molecule has 0 aliphatic heterocycles. The standard InChI is InChI=1S/C22H19FN4O2/c23-15-12-14(8-9-17(15)29-18-7-2-1-6-16(18)28)19-20-21(24)25-10-11-27(20)22(26-19)13-4-3-5-13/h1-2,6-13,28H,3-5H2,(H2,24,25). The molecular formula is C22H19FN4O2. The lowest BCUT2D eigenvalue weighted by Gasteiger charge is -2.23. The molecular weight excluding hydrogens is 371 g/mol. The molecule has 0 atom stereocenters. The Morgan fingerprint density at radius 3 is 2.69 bits per heavy atom. The van der Waals surface area contributed by atoms with Crippen LogP contribution in [0.15, 0.2) is 54.9 Å². The molecule has 0 amide bonds. The molecule has 2 aromatic heterocycles. The van der Waals surface area contributed by atoms with E-state index in [2.05, 4.69) is 4.98 Å². The highest BCUT2D eigenvalue weighted by Crippen LogP contribution is 2.40. The summed E-state index contributed by atoms with van der Waals surface area (Å²) >= 11 is 0. The Kier molecular flexibility index (Phi) is 4.08. The summed E-state index contributed by atoms with van der Waals surface area (Å²) in [6.07, 6.45) is 6.86. The van der Waals surface area contributed by atoms with Crippen LogP contribution in [0.2, 0.25) is 0 Å². The van der Waals surface area contributed by atoms with Crippen molar-refractivity contribution in [3.63, 3.8) is 0 Å². The fourth-order valence-electron chi connectivity index (χ4n) is 3.64. The third kappa shape index (κ3) is 2.95. The first-order chi connectivity index (χ1) is 14.1. The summed E-state index contributed by atoms with van der Waals surface area (Å²) in [5.41, 5.74) is 8.01. The van der Waals surface area contributed by atoms with Gasteiger partial charge >= 0.3 is 0 Å². The predicted molar refractivity (Wildman–Crippen MR) is 108 cm³/mol. The number of nitrogens with two attached hydrogens (primary N) is 1. The lowest BCUT2D eigenvalue weighted by molar-refractivity contribution is 0.396. The third-order valence-corrected chi connectivity index (χ3v) is 5.37. The van der Waals surface area contributed by atoms with Crippen molar-refractivity contribution < 1.29 is 14.2 Å². The van der Waals surface area contributed by atoms with E-state index >= 15 is 0 Å². The number of nitrogens with zero attached hydrogens (tertiary/aromatic N) is 3. The predicted octanol–water partition coefficient (Wildman–Crippen LogP) is 4.88. The number of para-hydroxylation sites is 2. The van der Waals surface area contributed by atoms with Gasteiger partial charge in [-0.2, -0.15) is 0 Å². The van der Waals surface area contributed by atoms with E-state index in [0.29, 0.717) is 28.5 Å². The first kappa shape index (κ1) is 17.5. The van der Waals surface area contributed by atoms with E-state index in [1.54, 1.807) is 30.5 Å². The second-order valence-electron chi connectivity index (χ2n) is 7.19. The average Bonchev–Trinajstić information content (AvgIpc) is 3.04. The summed E-state index contributed by atoms with van der Waals surface area (Å²) in [7, 11) is 0. The lowest BCUT2D eigenvalue weighted by atomic mass is 9.85. The maximum absolute atomic E-state index is 14.8. The van der Waals surface area contributed by atoms with Gasteiger partial charge in [-0.1, -0.05) is 18.6 Å². The van der Waals surface area contributed by atoms with Gasteiger partial charge in [-0.15, -0.1) is 0 Å². The second kappa shape index (κ2) is 6.77. The normalized spacial score (nSPS) is 14.1. The van der Waals surface area contributed by atoms with Crippen molar-refractivity contribution in [3.05, 3.63) is 66.5 Å². The summed E-state index contributed by atoms with van der Waals surface area (Å²) in [6, 6.07) is 11.1. The van der Waals surface area contributed by atoms with Gasteiger partial charge in [-0.25, -0.2) is 14.4 Å². The van der Waals surface area contributed by atoms with Gasteiger partial charge < -0.3 is 15.6 Å². The highest BCUT2D eigenvalue weighted by Gasteiger charge is 2.27. The number of aromatic hydroxyl groups is 1. The minimum absolute atomic E-state index is 0.0177. The first-order valence-electron chi connectivity index (χ1n) is 9.50. The fourth-order valence-corrected chi connectivity index (χ4v) is 3.64. The maximum Gasteiger partial charge on any atom is 0.169 e. The van der Waals surface area contributed by atoms with Crippen molar-refractivity contribution in [3.8, 4) is 28.5 Å². The molecule has 1 fully saturated rings. The van der Waals surface area contributed by atoms with Gasteiger partial charge in [0.2, 0.25) is 0 Å². The zero-order valence-electron chi connectivity index (χ0n) is 15.5. The van der Waals surface area contributed by atoms with Crippen molar-refractivity contribution in [1.82, 2.24) is 14.4 Å². The van der Waals surface area contributed by atoms with Crippen molar-refractivity contribution in [2.45, 2.75) is 25.2 Å². The highest BCUT2D eigenvalue weighted by atomic mass is 19.1. The Morgan fingerprint density at radius 1 is 1.14 bits per heavy atom. The molecule has 146 valence electrons. The Labute approximate surface area is 166 Å². The van der Waals surface area contributed by atoms with Crippen LogP contribution in [0.4, 0.5) is 10.2 Å². The molecule has 1 saturated carbocycles. The number of phenolic OH excluding ortho intramolecular Hbond substituents is 1. The average molecular weight is 390 g/mol. The second-order valence-corrected chi connectivity index (χ2v) is 7.19. The highest BCUT2D eigenvalue weighted by molar-refractivity contribution is 5.85. The van der Waals surface area contributed by atoms with E-state index in [4.69, 9.17) is 15.5 Å². The van der Waals surface area contributed by atoms with Crippen LogP contribution in [0.3, 0.4) is 0 Å². The number of phenols is 1. The van der Waals surface area contributed by atoms with E-state index in [9.17, 15) is 9.50 Å². The Balaban J connectivity index is 1.57. The van der Waals surface area contributed by atoms with Gasteiger partial charge in [-0.05, 0) is 43.2 Å². The Hall–Kier alpha value is -3.61. The molecule has 5 rings (SSSR count). The van der Waals surface area contributed by atoms with Gasteiger partial charge in [-0.3, -0.25) is 4.40 Å². The van der Waals surface area contributed by atoms with Crippen LogP contribution in [-0.4, -0.2) is 19.5 Å². The van der Waals surface area contributed by atoms with E-state index in [1.165, 1.54) is 24.6 Å². The molecule has 7 heteroatoms. The van der Waals surface area contributed by atoms with Crippen LogP contribution in [-0.2, 0) is 0 Å². The zero-order chi connectivity index (χ0) is 20.0. The molecule has 0 radical (unpaired) electrons. The number of nitrogen functional groups attached to an aromatic ring is 1. The number of rotatable bonds is 4. The lowest BCUT2D eigenvalue weighted by Crippen LogP contribution is -2.12. The summed E-state index contributed by atoms with van der Waals surface area (Å²) < 4.78 is 22.3.